The lowest BCUT2D eigenvalue weighted by atomic mass is 9.76. The fourth-order valence-electron chi connectivity index (χ4n) is 4.76. The van der Waals surface area contributed by atoms with Crippen molar-refractivity contribution in [1.82, 2.24) is 25.0 Å². The fourth-order valence-corrected chi connectivity index (χ4v) is 5.05. The summed E-state index contributed by atoms with van der Waals surface area (Å²) < 4.78 is 8.18. The highest BCUT2D eigenvalue weighted by atomic mass is 35.5. The molecule has 0 radical (unpaired) electrons. The minimum Gasteiger partial charge on any atom is -0.482 e. The van der Waals surface area contributed by atoms with E-state index in [-0.39, 0.29) is 17.6 Å². The third kappa shape index (κ3) is 3.78. The number of halogens is 1. The van der Waals surface area contributed by atoms with Crippen molar-refractivity contribution in [2.75, 3.05) is 25.4 Å². The highest BCUT2D eigenvalue weighted by Gasteiger charge is 2.51. The van der Waals surface area contributed by atoms with Crippen LogP contribution in [0, 0.1) is 0 Å². The second-order valence-electron chi connectivity index (χ2n) is 8.75. The maximum absolute atomic E-state index is 12.1. The molecule has 9 heteroatoms. The number of nitrogen functional groups attached to an aromatic ring is 1. The maximum atomic E-state index is 12.1. The summed E-state index contributed by atoms with van der Waals surface area (Å²) in [5, 5.41) is 8.32. The third-order valence-corrected chi connectivity index (χ3v) is 6.90. The van der Waals surface area contributed by atoms with Crippen molar-refractivity contribution in [2.45, 2.75) is 38.3 Å². The molecule has 1 atom stereocenters. The van der Waals surface area contributed by atoms with E-state index >= 15 is 0 Å². The van der Waals surface area contributed by atoms with Crippen LogP contribution in [0.25, 0.3) is 11.3 Å². The van der Waals surface area contributed by atoms with Crippen LogP contribution in [-0.4, -0.2) is 45.3 Å². The van der Waals surface area contributed by atoms with Crippen molar-refractivity contribution in [1.29, 1.82) is 0 Å². The molecule has 0 saturated carbocycles. The van der Waals surface area contributed by atoms with E-state index in [1.54, 1.807) is 6.20 Å². The van der Waals surface area contributed by atoms with Gasteiger partial charge in [-0.1, -0.05) is 29.8 Å². The number of carbonyl (C=O) groups is 1. The monoisotopic (exact) mass is 466 g/mol. The van der Waals surface area contributed by atoms with Crippen LogP contribution in [0.5, 0.6) is 5.75 Å². The van der Waals surface area contributed by atoms with E-state index in [2.05, 4.69) is 16.4 Å². The lowest BCUT2D eigenvalue weighted by Crippen LogP contribution is -2.62. The summed E-state index contributed by atoms with van der Waals surface area (Å²) in [6, 6.07) is 11.6. The number of fused-ring (bicyclic) bond motifs is 2. The first-order chi connectivity index (χ1) is 15.9. The van der Waals surface area contributed by atoms with Gasteiger partial charge in [0.05, 0.1) is 5.69 Å². The van der Waals surface area contributed by atoms with Crippen molar-refractivity contribution < 1.29 is 9.53 Å². The number of nitrogens with two attached hydrogens (primary N) is 1. The van der Waals surface area contributed by atoms with E-state index < -0.39 is 0 Å². The lowest BCUT2D eigenvalue weighted by Gasteiger charge is -2.47. The topological polar surface area (TPSA) is 98.3 Å². The van der Waals surface area contributed by atoms with E-state index in [4.69, 9.17) is 27.2 Å². The average molecular weight is 467 g/mol. The quantitative estimate of drug-likeness (QED) is 0.592. The van der Waals surface area contributed by atoms with Gasteiger partial charge in [0, 0.05) is 59.6 Å². The number of likely N-dealkylation sites (tertiary alicyclic amines) is 1. The van der Waals surface area contributed by atoms with E-state index in [0.717, 1.165) is 29.8 Å². The van der Waals surface area contributed by atoms with Gasteiger partial charge in [-0.15, -0.1) is 0 Å². The number of hydrogen-bond acceptors (Lipinski definition) is 5. The molecule has 1 saturated heterocycles. The van der Waals surface area contributed by atoms with Crippen LogP contribution >= 0.6 is 11.6 Å². The number of urea groups is 1. The molecule has 0 bridgehead atoms. The fraction of sp³-hybridized carbons (Fsp3) is 0.375. The summed E-state index contributed by atoms with van der Waals surface area (Å²) in [7, 11) is 0. The van der Waals surface area contributed by atoms with E-state index in [0.29, 0.717) is 36.2 Å². The molecule has 2 aliphatic heterocycles. The summed E-state index contributed by atoms with van der Waals surface area (Å²) >= 11 is 6.32. The second-order valence-corrected chi connectivity index (χ2v) is 9.16. The molecule has 3 aromatic rings. The highest BCUT2D eigenvalue weighted by molar-refractivity contribution is 6.31. The maximum Gasteiger partial charge on any atom is 0.317 e. The van der Waals surface area contributed by atoms with Crippen molar-refractivity contribution in [3.8, 4) is 17.0 Å². The predicted molar refractivity (Wildman–Crippen MR) is 127 cm³/mol. The molecule has 2 amide bonds. The van der Waals surface area contributed by atoms with Crippen molar-refractivity contribution in [3.63, 3.8) is 0 Å². The number of pyridine rings is 1. The van der Waals surface area contributed by atoms with Crippen molar-refractivity contribution in [2.24, 2.45) is 0 Å². The predicted octanol–water partition coefficient (Wildman–Crippen LogP) is 4.01. The average Bonchev–Trinajstić information content (AvgIpc) is 3.34. The number of rotatable bonds is 5. The summed E-state index contributed by atoms with van der Waals surface area (Å²) in [6.07, 6.45) is 2.42. The Morgan fingerprint density at radius 3 is 2.88 bits per heavy atom. The molecule has 3 N–H and O–H groups in total. The zero-order valence-corrected chi connectivity index (χ0v) is 19.5. The molecule has 4 heterocycles. The number of benzene rings is 1. The van der Waals surface area contributed by atoms with Gasteiger partial charge in [-0.05, 0) is 38.5 Å². The Morgan fingerprint density at radius 2 is 2.12 bits per heavy atom. The molecule has 1 fully saturated rings. The molecule has 33 heavy (non-hydrogen) atoms. The van der Waals surface area contributed by atoms with Gasteiger partial charge in [0.2, 0.25) is 0 Å². The number of amides is 2. The van der Waals surface area contributed by atoms with Gasteiger partial charge in [-0.3, -0.25) is 4.68 Å². The van der Waals surface area contributed by atoms with Gasteiger partial charge in [-0.2, -0.15) is 5.10 Å². The van der Waals surface area contributed by atoms with E-state index in [1.807, 2.05) is 53.8 Å². The first-order valence-electron chi connectivity index (χ1n) is 11.2. The zero-order chi connectivity index (χ0) is 23.2. The highest BCUT2D eigenvalue weighted by Crippen LogP contribution is 2.44. The van der Waals surface area contributed by atoms with Gasteiger partial charge < -0.3 is 20.7 Å². The molecule has 2 aromatic heterocycles. The third-order valence-electron chi connectivity index (χ3n) is 6.55. The molecular weight excluding hydrogens is 440 g/mol. The number of aryl methyl sites for hydroxylation is 1. The summed E-state index contributed by atoms with van der Waals surface area (Å²) in [5.41, 5.74) is 9.80. The van der Waals surface area contributed by atoms with Crippen molar-refractivity contribution >= 4 is 23.4 Å². The lowest BCUT2D eigenvalue weighted by molar-refractivity contribution is 0.0925. The first-order valence-corrected chi connectivity index (χ1v) is 11.6. The van der Waals surface area contributed by atoms with Gasteiger partial charge in [0.25, 0.3) is 0 Å². The second kappa shape index (κ2) is 8.26. The van der Waals surface area contributed by atoms with Crippen LogP contribution < -0.4 is 15.8 Å². The number of anilines is 1. The number of hydrogen-bond donors (Lipinski definition) is 2. The van der Waals surface area contributed by atoms with Gasteiger partial charge >= 0.3 is 6.03 Å². The SMILES string of the molecule is CCNC(=O)N1CC2(CCn3nc(-c4cnc(N)c(OC(C)c5ccccc5Cl)c4)cc32)C1. The van der Waals surface area contributed by atoms with Gasteiger partial charge in [-0.25, -0.2) is 9.78 Å². The van der Waals surface area contributed by atoms with Crippen LogP contribution in [0.2, 0.25) is 5.02 Å². The molecular formula is C24H27ClN6O2. The summed E-state index contributed by atoms with van der Waals surface area (Å²) in [5.74, 6) is 0.811. The zero-order valence-electron chi connectivity index (χ0n) is 18.7. The minimum atomic E-state index is -0.288. The normalized spacial score (nSPS) is 16.9. The standard InChI is InChI=1S/C24H27ClN6O2/c1-3-27-23(32)30-13-24(14-30)8-9-31-21(24)11-19(29-31)16-10-20(22(26)28-12-16)33-15(2)17-6-4-5-7-18(17)25/h4-7,10-12,15H,3,8-9,13-14H2,1-2H3,(H2,26,28)(H,27,32). The molecule has 8 nitrogen and oxygen atoms in total. The van der Waals surface area contributed by atoms with Gasteiger partial charge in [0.1, 0.15) is 6.10 Å². The van der Waals surface area contributed by atoms with Crippen LogP contribution in [0.4, 0.5) is 10.6 Å². The molecule has 1 spiro atoms. The van der Waals surface area contributed by atoms with Crippen LogP contribution in [-0.2, 0) is 12.0 Å². The molecule has 0 aliphatic carbocycles. The van der Waals surface area contributed by atoms with E-state index in [1.165, 1.54) is 5.69 Å². The van der Waals surface area contributed by atoms with E-state index in [9.17, 15) is 4.79 Å². The smallest absolute Gasteiger partial charge is 0.317 e. The Labute approximate surface area is 197 Å². The number of ether oxygens (including phenoxy) is 1. The summed E-state index contributed by atoms with van der Waals surface area (Å²) in [4.78, 5) is 18.3. The number of carbonyl (C=O) groups excluding carboxylic acids is 1. The number of nitrogens with zero attached hydrogens (tertiary/aromatic N) is 4. The van der Waals surface area contributed by atoms with Crippen molar-refractivity contribution in [3.05, 3.63) is 58.9 Å². The minimum absolute atomic E-state index is 0.00141. The molecule has 172 valence electrons. The molecule has 5 rings (SSSR count). The molecule has 2 aliphatic rings. The van der Waals surface area contributed by atoms with Crippen LogP contribution in [0.1, 0.15) is 37.6 Å². The Hall–Kier alpha value is -3.26. The first kappa shape index (κ1) is 21.6. The summed E-state index contributed by atoms with van der Waals surface area (Å²) in [6.45, 7) is 6.76. The van der Waals surface area contributed by atoms with Crippen LogP contribution in [0.3, 0.4) is 0 Å². The Kier molecular flexibility index (Phi) is 5.40. The number of nitrogens with one attached hydrogen (secondary N) is 1. The largest absolute Gasteiger partial charge is 0.482 e. The van der Waals surface area contributed by atoms with Gasteiger partial charge in [0.15, 0.2) is 11.6 Å². The molecule has 1 unspecified atom stereocenters. The Bertz CT molecular complexity index is 1200. The Balaban J connectivity index is 1.37. The Morgan fingerprint density at radius 1 is 1.33 bits per heavy atom. The number of aromatic nitrogens is 3. The molecule has 1 aromatic carbocycles. The van der Waals surface area contributed by atoms with Crippen LogP contribution in [0.15, 0.2) is 42.6 Å².